The summed E-state index contributed by atoms with van der Waals surface area (Å²) in [7, 11) is 0. The topological polar surface area (TPSA) is 37.3 Å². The summed E-state index contributed by atoms with van der Waals surface area (Å²) in [5, 5.41) is 8.73. The van der Waals surface area contributed by atoms with Crippen LogP contribution in [0.1, 0.15) is 12.5 Å². The second-order valence-corrected chi connectivity index (χ2v) is 3.72. The quantitative estimate of drug-likeness (QED) is 0.613. The third kappa shape index (κ3) is 2.64. The van der Waals surface area contributed by atoms with E-state index in [4.69, 9.17) is 5.11 Å². The van der Waals surface area contributed by atoms with Crippen LogP contribution in [0.4, 0.5) is 0 Å². The predicted molar refractivity (Wildman–Crippen MR) is 59.5 cm³/mol. The molecule has 0 aliphatic heterocycles. The lowest BCUT2D eigenvalue weighted by atomic mass is 10.1. The summed E-state index contributed by atoms with van der Waals surface area (Å²) in [5.41, 5.74) is 1.31. The van der Waals surface area contributed by atoms with Gasteiger partial charge in [-0.1, -0.05) is 18.2 Å². The smallest absolute Gasteiger partial charge is 0.331 e. The minimum Gasteiger partial charge on any atom is -0.478 e. The van der Waals surface area contributed by atoms with E-state index in [1.807, 2.05) is 30.5 Å². The number of rotatable bonds is 3. The summed E-state index contributed by atoms with van der Waals surface area (Å²) in [6, 6.07) is 7.74. The maximum atomic E-state index is 10.6. The van der Waals surface area contributed by atoms with Crippen molar-refractivity contribution in [3.05, 3.63) is 35.4 Å². The number of benzene rings is 1. The largest absolute Gasteiger partial charge is 0.478 e. The van der Waals surface area contributed by atoms with Crippen molar-refractivity contribution >= 4 is 23.8 Å². The Morgan fingerprint density at radius 1 is 1.43 bits per heavy atom. The number of aliphatic carboxylic acids is 1. The van der Waals surface area contributed by atoms with E-state index in [9.17, 15) is 4.79 Å². The van der Waals surface area contributed by atoms with Crippen molar-refractivity contribution in [3.63, 3.8) is 0 Å². The van der Waals surface area contributed by atoms with Crippen LogP contribution in [-0.4, -0.2) is 17.3 Å². The predicted octanol–water partition coefficient (Wildman–Crippen LogP) is 2.90. The maximum Gasteiger partial charge on any atom is 0.331 e. The fraction of sp³-hybridized carbons (Fsp3) is 0.182. The molecule has 0 spiro atoms. The average Bonchev–Trinajstić information content (AvgIpc) is 2.18. The molecule has 0 unspecified atom stereocenters. The van der Waals surface area contributed by atoms with E-state index < -0.39 is 5.97 Å². The van der Waals surface area contributed by atoms with Gasteiger partial charge in [0.25, 0.3) is 0 Å². The van der Waals surface area contributed by atoms with Gasteiger partial charge in [0.05, 0.1) is 0 Å². The van der Waals surface area contributed by atoms with Gasteiger partial charge in [-0.2, -0.15) is 0 Å². The zero-order chi connectivity index (χ0) is 10.6. The monoisotopic (exact) mass is 208 g/mol. The first kappa shape index (κ1) is 10.9. The maximum absolute atomic E-state index is 10.6. The molecule has 0 aliphatic carbocycles. The van der Waals surface area contributed by atoms with E-state index in [2.05, 4.69) is 0 Å². The summed E-state index contributed by atoms with van der Waals surface area (Å²) in [4.78, 5) is 11.7. The van der Waals surface area contributed by atoms with E-state index in [0.29, 0.717) is 5.57 Å². The molecule has 1 N–H and O–H groups in total. The van der Waals surface area contributed by atoms with Crippen LogP contribution in [0.2, 0.25) is 0 Å². The molecule has 1 aromatic rings. The SMILES string of the molecule is CSc1ccccc1C=C(C)C(=O)O. The number of carboxylic acids is 1. The first-order valence-corrected chi connectivity index (χ1v) is 5.42. The van der Waals surface area contributed by atoms with E-state index in [-0.39, 0.29) is 0 Å². The molecule has 1 rings (SSSR count). The van der Waals surface area contributed by atoms with Gasteiger partial charge in [0, 0.05) is 10.5 Å². The highest BCUT2D eigenvalue weighted by atomic mass is 32.2. The Morgan fingerprint density at radius 2 is 2.07 bits per heavy atom. The van der Waals surface area contributed by atoms with Crippen molar-refractivity contribution in [2.24, 2.45) is 0 Å². The van der Waals surface area contributed by atoms with Crippen LogP contribution >= 0.6 is 11.8 Å². The van der Waals surface area contributed by atoms with Gasteiger partial charge in [-0.05, 0) is 30.9 Å². The molecule has 0 aliphatic rings. The van der Waals surface area contributed by atoms with Gasteiger partial charge in [-0.15, -0.1) is 11.8 Å². The number of carboxylic acid groups (broad SMARTS) is 1. The zero-order valence-corrected chi connectivity index (χ0v) is 8.97. The van der Waals surface area contributed by atoms with Crippen molar-refractivity contribution in [1.29, 1.82) is 0 Å². The van der Waals surface area contributed by atoms with Crippen LogP contribution in [0, 0.1) is 0 Å². The van der Waals surface area contributed by atoms with Crippen LogP contribution in [0.5, 0.6) is 0 Å². The molecule has 3 heteroatoms. The minimum absolute atomic E-state index is 0.353. The van der Waals surface area contributed by atoms with Crippen LogP contribution in [-0.2, 0) is 4.79 Å². The fourth-order valence-corrected chi connectivity index (χ4v) is 1.66. The molecule has 0 aromatic heterocycles. The van der Waals surface area contributed by atoms with Gasteiger partial charge in [-0.25, -0.2) is 4.79 Å². The lowest BCUT2D eigenvalue weighted by Gasteiger charge is -2.02. The Bertz CT molecular complexity index is 369. The van der Waals surface area contributed by atoms with Gasteiger partial charge < -0.3 is 5.11 Å². The van der Waals surface area contributed by atoms with E-state index in [1.165, 1.54) is 0 Å². The van der Waals surface area contributed by atoms with E-state index in [1.54, 1.807) is 24.8 Å². The van der Waals surface area contributed by atoms with Crippen LogP contribution in [0.3, 0.4) is 0 Å². The molecule has 0 saturated heterocycles. The van der Waals surface area contributed by atoms with Crippen molar-refractivity contribution in [2.45, 2.75) is 11.8 Å². The molecular weight excluding hydrogens is 196 g/mol. The summed E-state index contributed by atoms with van der Waals surface area (Å²) in [5.74, 6) is -0.874. The molecule has 14 heavy (non-hydrogen) atoms. The third-order valence-electron chi connectivity index (χ3n) is 1.85. The average molecular weight is 208 g/mol. The summed E-state index contributed by atoms with van der Waals surface area (Å²) in [6.07, 6.45) is 3.66. The van der Waals surface area contributed by atoms with E-state index >= 15 is 0 Å². The zero-order valence-electron chi connectivity index (χ0n) is 8.15. The van der Waals surface area contributed by atoms with Crippen LogP contribution < -0.4 is 0 Å². The molecule has 0 saturated carbocycles. The minimum atomic E-state index is -0.874. The molecule has 74 valence electrons. The Labute approximate surface area is 87.6 Å². The molecular formula is C11H12O2S. The Morgan fingerprint density at radius 3 is 2.64 bits per heavy atom. The first-order chi connectivity index (χ1) is 6.65. The number of thioether (sulfide) groups is 1. The van der Waals surface area contributed by atoms with E-state index in [0.717, 1.165) is 10.5 Å². The normalized spacial score (nSPS) is 11.4. The second kappa shape index (κ2) is 4.86. The van der Waals surface area contributed by atoms with Crippen molar-refractivity contribution in [1.82, 2.24) is 0 Å². The lowest BCUT2D eigenvalue weighted by molar-refractivity contribution is -0.132. The van der Waals surface area contributed by atoms with Crippen molar-refractivity contribution in [2.75, 3.05) is 6.26 Å². The highest BCUT2D eigenvalue weighted by Gasteiger charge is 2.02. The molecule has 0 bridgehead atoms. The third-order valence-corrected chi connectivity index (χ3v) is 2.66. The van der Waals surface area contributed by atoms with Crippen LogP contribution in [0.15, 0.2) is 34.7 Å². The number of carbonyl (C=O) groups is 1. The number of hydrogen-bond donors (Lipinski definition) is 1. The van der Waals surface area contributed by atoms with Gasteiger partial charge in [0.15, 0.2) is 0 Å². The summed E-state index contributed by atoms with van der Waals surface area (Å²) in [6.45, 7) is 1.60. The lowest BCUT2D eigenvalue weighted by Crippen LogP contribution is -1.95. The van der Waals surface area contributed by atoms with Gasteiger partial charge in [-0.3, -0.25) is 0 Å². The fourth-order valence-electron chi connectivity index (χ4n) is 1.08. The molecule has 0 fully saturated rings. The Balaban J connectivity index is 3.07. The molecule has 0 atom stereocenters. The molecule has 0 amide bonds. The van der Waals surface area contributed by atoms with Gasteiger partial charge in [0.2, 0.25) is 0 Å². The molecule has 1 aromatic carbocycles. The van der Waals surface area contributed by atoms with Gasteiger partial charge in [0.1, 0.15) is 0 Å². The highest BCUT2D eigenvalue weighted by Crippen LogP contribution is 2.22. The Hall–Kier alpha value is -1.22. The van der Waals surface area contributed by atoms with Crippen molar-refractivity contribution < 1.29 is 9.90 Å². The summed E-state index contributed by atoms with van der Waals surface area (Å²) < 4.78 is 0. The molecule has 0 heterocycles. The summed E-state index contributed by atoms with van der Waals surface area (Å²) >= 11 is 1.61. The molecule has 2 nitrogen and oxygen atoms in total. The van der Waals surface area contributed by atoms with Crippen LogP contribution in [0.25, 0.3) is 6.08 Å². The van der Waals surface area contributed by atoms with Gasteiger partial charge >= 0.3 is 5.97 Å². The highest BCUT2D eigenvalue weighted by molar-refractivity contribution is 7.98. The number of hydrogen-bond acceptors (Lipinski definition) is 2. The Kier molecular flexibility index (Phi) is 3.77. The standard InChI is InChI=1S/C11H12O2S/c1-8(11(12)13)7-9-5-3-4-6-10(9)14-2/h3-7H,1-2H3,(H,12,13). The first-order valence-electron chi connectivity index (χ1n) is 4.19. The van der Waals surface area contributed by atoms with Crippen molar-refractivity contribution in [3.8, 4) is 0 Å². The molecule has 0 radical (unpaired) electrons. The second-order valence-electron chi connectivity index (χ2n) is 2.87.